The molecule has 142 valence electrons. The summed E-state index contributed by atoms with van der Waals surface area (Å²) in [5, 5.41) is 6.16. The van der Waals surface area contributed by atoms with Crippen LogP contribution in [-0.2, 0) is 11.2 Å². The third-order valence-electron chi connectivity index (χ3n) is 5.64. The average molecular weight is 357 g/mol. The Hall–Kier alpha value is -2.04. The van der Waals surface area contributed by atoms with Gasteiger partial charge in [-0.25, -0.2) is 4.79 Å². The van der Waals surface area contributed by atoms with E-state index in [9.17, 15) is 9.59 Å². The van der Waals surface area contributed by atoms with Gasteiger partial charge in [-0.15, -0.1) is 0 Å². The predicted octanol–water partition coefficient (Wildman–Crippen LogP) is 3.10. The minimum atomic E-state index is -0.0482. The first-order chi connectivity index (χ1) is 12.8. The molecule has 0 radical (unpaired) electrons. The van der Waals surface area contributed by atoms with Gasteiger partial charge >= 0.3 is 6.03 Å². The number of amides is 3. The Balaban J connectivity index is 1.61. The molecule has 2 aliphatic rings. The summed E-state index contributed by atoms with van der Waals surface area (Å²) in [4.78, 5) is 27.3. The quantitative estimate of drug-likeness (QED) is 0.873. The number of nitrogens with one attached hydrogen (secondary N) is 2. The van der Waals surface area contributed by atoms with Crippen LogP contribution >= 0.6 is 0 Å². The summed E-state index contributed by atoms with van der Waals surface area (Å²) < 4.78 is 0. The topological polar surface area (TPSA) is 61.4 Å². The molecular formula is C21H31N3O2. The lowest BCUT2D eigenvalue weighted by molar-refractivity contribution is -0.126. The lowest BCUT2D eigenvalue weighted by atomic mass is 10.0. The summed E-state index contributed by atoms with van der Waals surface area (Å²) in [7, 11) is 0. The Labute approximate surface area is 156 Å². The van der Waals surface area contributed by atoms with E-state index in [0.29, 0.717) is 6.54 Å². The second-order valence-corrected chi connectivity index (χ2v) is 7.47. The zero-order valence-electron chi connectivity index (χ0n) is 15.6. The number of nitrogens with zero attached hydrogens (tertiary/aromatic N) is 1. The summed E-state index contributed by atoms with van der Waals surface area (Å²) in [5.74, 6) is 0.0875. The van der Waals surface area contributed by atoms with Crippen molar-refractivity contribution in [2.24, 2.45) is 5.92 Å². The molecule has 2 N–H and O–H groups in total. The van der Waals surface area contributed by atoms with Gasteiger partial charge in [-0.1, -0.05) is 49.6 Å². The first-order valence-corrected chi connectivity index (χ1v) is 10.1. The van der Waals surface area contributed by atoms with Crippen LogP contribution < -0.4 is 10.6 Å². The lowest BCUT2D eigenvalue weighted by Gasteiger charge is -2.32. The Morgan fingerprint density at radius 1 is 1.08 bits per heavy atom. The first kappa shape index (κ1) is 18.7. The molecule has 1 heterocycles. The smallest absolute Gasteiger partial charge is 0.317 e. The molecule has 5 heteroatoms. The molecule has 1 saturated carbocycles. The lowest BCUT2D eigenvalue weighted by Crippen LogP contribution is -2.51. The molecule has 0 bridgehead atoms. The van der Waals surface area contributed by atoms with Crippen LogP contribution in [0.1, 0.15) is 50.5 Å². The predicted molar refractivity (Wildman–Crippen MR) is 103 cm³/mol. The van der Waals surface area contributed by atoms with Crippen molar-refractivity contribution in [1.29, 1.82) is 0 Å². The van der Waals surface area contributed by atoms with Gasteiger partial charge in [-0.05, 0) is 37.7 Å². The normalized spacial score (nSPS) is 24.3. The number of carbonyl (C=O) groups is 2. The summed E-state index contributed by atoms with van der Waals surface area (Å²) in [6.45, 7) is 2.15. The number of urea groups is 1. The SMILES string of the molecule is O=C1NCCCCCCN(C(=O)NCCc2ccccc2)[C@H]2CCC[C@@H]12. The summed E-state index contributed by atoms with van der Waals surface area (Å²) >= 11 is 0. The number of hydrogen-bond donors (Lipinski definition) is 2. The van der Waals surface area contributed by atoms with E-state index in [1.807, 2.05) is 23.1 Å². The highest BCUT2D eigenvalue weighted by Crippen LogP contribution is 2.31. The van der Waals surface area contributed by atoms with Gasteiger partial charge in [-0.3, -0.25) is 4.79 Å². The molecule has 1 aromatic rings. The highest BCUT2D eigenvalue weighted by molar-refractivity contribution is 5.81. The van der Waals surface area contributed by atoms with E-state index in [4.69, 9.17) is 0 Å². The maximum absolute atomic E-state index is 12.9. The highest BCUT2D eigenvalue weighted by Gasteiger charge is 2.38. The van der Waals surface area contributed by atoms with Crippen molar-refractivity contribution in [3.8, 4) is 0 Å². The largest absolute Gasteiger partial charge is 0.356 e. The molecule has 2 atom stereocenters. The maximum Gasteiger partial charge on any atom is 0.317 e. The van der Waals surface area contributed by atoms with Crippen LogP contribution in [0.3, 0.4) is 0 Å². The molecule has 1 saturated heterocycles. The molecule has 1 aliphatic heterocycles. The third kappa shape index (κ3) is 4.99. The van der Waals surface area contributed by atoms with Crippen LogP contribution in [0, 0.1) is 5.92 Å². The Morgan fingerprint density at radius 2 is 1.88 bits per heavy atom. The van der Waals surface area contributed by atoms with Crippen LogP contribution in [0.5, 0.6) is 0 Å². The zero-order valence-corrected chi connectivity index (χ0v) is 15.6. The fraction of sp³-hybridized carbons (Fsp3) is 0.619. The second kappa shape index (κ2) is 9.60. The zero-order chi connectivity index (χ0) is 18.2. The third-order valence-corrected chi connectivity index (χ3v) is 5.64. The van der Waals surface area contributed by atoms with Gasteiger partial charge in [0.15, 0.2) is 0 Å². The van der Waals surface area contributed by atoms with Crippen LogP contribution in [0.25, 0.3) is 0 Å². The van der Waals surface area contributed by atoms with Gasteiger partial charge < -0.3 is 15.5 Å². The van der Waals surface area contributed by atoms with E-state index in [-0.39, 0.29) is 23.9 Å². The average Bonchev–Trinajstić information content (AvgIpc) is 3.12. The fourth-order valence-corrected chi connectivity index (χ4v) is 4.20. The number of rotatable bonds is 3. The van der Waals surface area contributed by atoms with Crippen LogP contribution in [-0.4, -0.2) is 42.5 Å². The summed E-state index contributed by atoms with van der Waals surface area (Å²) in [6.07, 6.45) is 7.95. The molecule has 3 amide bonds. The number of fused-ring (bicyclic) bond motifs is 1. The molecule has 26 heavy (non-hydrogen) atoms. The highest BCUT2D eigenvalue weighted by atomic mass is 16.2. The van der Waals surface area contributed by atoms with E-state index in [1.54, 1.807) is 0 Å². The fourth-order valence-electron chi connectivity index (χ4n) is 4.20. The molecule has 0 aromatic heterocycles. The monoisotopic (exact) mass is 357 g/mol. The minimum absolute atomic E-state index is 0.00937. The molecule has 1 aromatic carbocycles. The van der Waals surface area contributed by atoms with Gasteiger partial charge in [0.25, 0.3) is 0 Å². The molecule has 5 nitrogen and oxygen atoms in total. The van der Waals surface area contributed by atoms with Gasteiger partial charge in [-0.2, -0.15) is 0 Å². The number of benzene rings is 1. The van der Waals surface area contributed by atoms with E-state index in [1.165, 1.54) is 5.56 Å². The van der Waals surface area contributed by atoms with Crippen molar-refractivity contribution >= 4 is 11.9 Å². The van der Waals surface area contributed by atoms with E-state index in [2.05, 4.69) is 22.8 Å². The Kier molecular flexibility index (Phi) is 6.92. The number of hydrogen-bond acceptors (Lipinski definition) is 2. The minimum Gasteiger partial charge on any atom is -0.356 e. The van der Waals surface area contributed by atoms with Crippen molar-refractivity contribution in [3.63, 3.8) is 0 Å². The van der Waals surface area contributed by atoms with Crippen molar-refractivity contribution in [3.05, 3.63) is 35.9 Å². The van der Waals surface area contributed by atoms with Gasteiger partial charge in [0.05, 0.1) is 5.92 Å². The van der Waals surface area contributed by atoms with E-state index < -0.39 is 0 Å². The van der Waals surface area contributed by atoms with Crippen LogP contribution in [0.15, 0.2) is 30.3 Å². The molecule has 2 fully saturated rings. The van der Waals surface area contributed by atoms with Gasteiger partial charge in [0.2, 0.25) is 5.91 Å². The molecule has 3 rings (SSSR count). The maximum atomic E-state index is 12.9. The molecule has 0 spiro atoms. The van der Waals surface area contributed by atoms with Crippen molar-refractivity contribution in [1.82, 2.24) is 15.5 Å². The van der Waals surface area contributed by atoms with Gasteiger partial charge in [0, 0.05) is 25.7 Å². The Bertz CT molecular complexity index is 590. The van der Waals surface area contributed by atoms with E-state index in [0.717, 1.165) is 64.5 Å². The molecule has 1 aliphatic carbocycles. The summed E-state index contributed by atoms with van der Waals surface area (Å²) in [6, 6.07) is 10.2. The van der Waals surface area contributed by atoms with Crippen molar-refractivity contribution in [2.45, 2.75) is 57.4 Å². The van der Waals surface area contributed by atoms with Crippen LogP contribution in [0.2, 0.25) is 0 Å². The van der Waals surface area contributed by atoms with Gasteiger partial charge in [0.1, 0.15) is 0 Å². The van der Waals surface area contributed by atoms with E-state index >= 15 is 0 Å². The number of carbonyl (C=O) groups excluding carboxylic acids is 2. The standard InChI is InChI=1S/C21H31N3O2/c25-20-18-11-8-12-19(18)24(16-7-2-1-6-14-22-20)21(26)23-15-13-17-9-4-3-5-10-17/h3-5,9-10,18-19H,1-2,6-8,11-16H2,(H,22,25)(H,23,26)/t18-,19+/m1/s1. The molecule has 0 unspecified atom stereocenters. The Morgan fingerprint density at radius 3 is 2.73 bits per heavy atom. The van der Waals surface area contributed by atoms with Crippen LogP contribution in [0.4, 0.5) is 4.79 Å². The molecular weight excluding hydrogens is 326 g/mol. The van der Waals surface area contributed by atoms with Crippen molar-refractivity contribution in [2.75, 3.05) is 19.6 Å². The second-order valence-electron chi connectivity index (χ2n) is 7.47. The van der Waals surface area contributed by atoms with Crippen molar-refractivity contribution < 1.29 is 9.59 Å². The summed E-state index contributed by atoms with van der Waals surface area (Å²) in [5.41, 5.74) is 1.23. The first-order valence-electron chi connectivity index (χ1n) is 10.1.